The van der Waals surface area contributed by atoms with E-state index in [1.54, 1.807) is 0 Å². The molecule has 6 heteroatoms. The molecule has 0 saturated carbocycles. The van der Waals surface area contributed by atoms with Crippen LogP contribution in [0.25, 0.3) is 11.4 Å². The van der Waals surface area contributed by atoms with Crippen LogP contribution in [0.2, 0.25) is 0 Å². The summed E-state index contributed by atoms with van der Waals surface area (Å²) in [4.78, 5) is 0. The van der Waals surface area contributed by atoms with Gasteiger partial charge in [-0.25, -0.2) is 0 Å². The minimum Gasteiger partial charge on any atom is -0.349 e. The molecular formula is C48H42N4P2+2. The first-order valence-electron chi connectivity index (χ1n) is 18.2. The second-order valence-electron chi connectivity index (χ2n) is 13.2. The molecule has 4 nitrogen and oxygen atoms in total. The fourth-order valence-corrected chi connectivity index (χ4v) is 14.2. The molecule has 2 aromatic heterocycles. The van der Waals surface area contributed by atoms with Crippen LogP contribution in [-0.2, 0) is 14.1 Å². The van der Waals surface area contributed by atoms with Gasteiger partial charge in [-0.2, -0.15) is 0 Å². The second kappa shape index (κ2) is 15.5. The van der Waals surface area contributed by atoms with E-state index >= 15 is 0 Å². The zero-order valence-corrected chi connectivity index (χ0v) is 32.3. The molecular weight excluding hydrogens is 695 g/mol. The number of pyridine rings is 2. The maximum absolute atomic E-state index is 5.83. The third-order valence-corrected chi connectivity index (χ3v) is 17.2. The largest absolute Gasteiger partial charge is 0.349 e. The smallest absolute Gasteiger partial charge is 0.323 e. The molecule has 2 heterocycles. The molecule has 0 radical (unpaired) electrons. The van der Waals surface area contributed by atoms with Crippen molar-refractivity contribution in [2.45, 2.75) is 0 Å². The lowest BCUT2D eigenvalue weighted by Crippen LogP contribution is -2.29. The van der Waals surface area contributed by atoms with Crippen LogP contribution in [0, 0.1) is 0 Å². The minimum absolute atomic E-state index is 0.926. The van der Waals surface area contributed by atoms with Gasteiger partial charge in [0.1, 0.15) is 0 Å². The van der Waals surface area contributed by atoms with E-state index in [2.05, 4.69) is 242 Å². The molecule has 0 fully saturated rings. The molecule has 0 atom stereocenters. The molecule has 0 N–H and O–H groups in total. The molecule has 0 aliphatic carbocycles. The van der Waals surface area contributed by atoms with E-state index < -0.39 is 14.1 Å². The van der Waals surface area contributed by atoms with Crippen LogP contribution in [0.1, 0.15) is 0 Å². The number of hydrogen-bond donors (Lipinski definition) is 0. The van der Waals surface area contributed by atoms with Crippen LogP contribution in [0.15, 0.2) is 219 Å². The van der Waals surface area contributed by atoms with E-state index in [1.165, 1.54) is 31.8 Å². The van der Waals surface area contributed by atoms with Gasteiger partial charge in [0, 0.05) is 38.6 Å². The van der Waals surface area contributed by atoms with Crippen molar-refractivity contribution in [3.63, 3.8) is 0 Å². The van der Waals surface area contributed by atoms with E-state index in [1.807, 2.05) is 0 Å². The Morgan fingerprint density at radius 3 is 0.759 bits per heavy atom. The van der Waals surface area contributed by atoms with Gasteiger partial charge in [0.2, 0.25) is 0 Å². The fraction of sp³-hybridized carbons (Fsp3) is 0.0417. The summed E-state index contributed by atoms with van der Waals surface area (Å²) in [5.41, 5.74) is 2.09. The van der Waals surface area contributed by atoms with Gasteiger partial charge in [0.15, 0.2) is 0 Å². The molecule has 0 saturated heterocycles. The predicted octanol–water partition coefficient (Wildman–Crippen LogP) is 6.32. The van der Waals surface area contributed by atoms with E-state index in [9.17, 15) is 0 Å². The minimum atomic E-state index is -2.46. The van der Waals surface area contributed by atoms with Crippen molar-refractivity contribution >= 4 is 45.9 Å². The van der Waals surface area contributed by atoms with Gasteiger partial charge in [-0.15, -0.1) is 8.84 Å². The van der Waals surface area contributed by atoms with Gasteiger partial charge in [0.25, 0.3) is 0 Å². The molecule has 8 rings (SSSR count). The molecule has 0 amide bonds. The monoisotopic (exact) mass is 736 g/mol. The summed E-state index contributed by atoms with van der Waals surface area (Å²) in [6.07, 6.45) is 4.26. The van der Waals surface area contributed by atoms with Crippen molar-refractivity contribution in [3.05, 3.63) is 229 Å². The van der Waals surface area contributed by atoms with Gasteiger partial charge in [-0.05, 0) is 72.8 Å². The molecule has 0 bridgehead atoms. The van der Waals surface area contributed by atoms with Crippen molar-refractivity contribution in [1.29, 1.82) is 0 Å². The van der Waals surface area contributed by atoms with Crippen LogP contribution in [0.5, 0.6) is 0 Å². The van der Waals surface area contributed by atoms with Crippen molar-refractivity contribution in [1.82, 2.24) is 18.0 Å². The van der Waals surface area contributed by atoms with Crippen LogP contribution in [0.3, 0.4) is 0 Å². The zero-order valence-electron chi connectivity index (χ0n) is 30.5. The van der Waals surface area contributed by atoms with Crippen LogP contribution >= 0.6 is 14.1 Å². The highest BCUT2D eigenvalue weighted by Gasteiger charge is 2.39. The summed E-state index contributed by atoms with van der Waals surface area (Å²) < 4.78 is 16.0. The SMILES string of the molecule is Cn1ccc(=[N+]=P(c2ccccc2)(c2ccccc2)c2ccccc2)cc1-c1cc(=[N+]=P(c2ccccc2)(c2ccccc2)c2ccccc2)ccn1C. The fourth-order valence-electron chi connectivity index (χ4n) is 7.20. The lowest BCUT2D eigenvalue weighted by Gasteiger charge is -2.15. The third-order valence-electron chi connectivity index (χ3n) is 9.84. The predicted molar refractivity (Wildman–Crippen MR) is 231 cm³/mol. The highest BCUT2D eigenvalue weighted by Crippen LogP contribution is 2.42. The van der Waals surface area contributed by atoms with Crippen LogP contribution in [0.4, 0.5) is 0 Å². The normalized spacial score (nSPS) is 11.4. The van der Waals surface area contributed by atoms with Gasteiger partial charge in [0.05, 0.1) is 55.3 Å². The Labute approximate surface area is 317 Å². The lowest BCUT2D eigenvalue weighted by atomic mass is 10.2. The Kier molecular flexibility index (Phi) is 10.0. The van der Waals surface area contributed by atoms with Gasteiger partial charge in [-0.3, -0.25) is 0 Å². The van der Waals surface area contributed by atoms with Crippen LogP contribution in [-0.4, -0.2) is 9.13 Å². The number of nitrogens with zero attached hydrogens (tertiary/aromatic N) is 4. The summed E-state index contributed by atoms with van der Waals surface area (Å²) in [6, 6.07) is 73.5. The average molecular weight is 737 g/mol. The summed E-state index contributed by atoms with van der Waals surface area (Å²) in [5, 5.41) is 9.14. The number of benzene rings is 6. The van der Waals surface area contributed by atoms with E-state index in [-0.39, 0.29) is 0 Å². The number of rotatable bonds is 7. The first-order chi connectivity index (χ1) is 26.6. The third kappa shape index (κ3) is 6.66. The van der Waals surface area contributed by atoms with E-state index in [4.69, 9.17) is 8.84 Å². The number of hydrogen-bond acceptors (Lipinski definition) is 0. The van der Waals surface area contributed by atoms with Gasteiger partial charge in [-0.1, -0.05) is 109 Å². The second-order valence-corrected chi connectivity index (χ2v) is 19.3. The van der Waals surface area contributed by atoms with Crippen molar-refractivity contribution in [3.8, 4) is 11.4 Å². The summed E-state index contributed by atoms with van der Waals surface area (Å²) in [6.45, 7) is 0. The molecule has 0 unspecified atom stereocenters. The topological polar surface area (TPSA) is 38.1 Å². The summed E-state index contributed by atoms with van der Waals surface area (Å²) >= 11 is 0. The van der Waals surface area contributed by atoms with Crippen molar-refractivity contribution in [2.75, 3.05) is 0 Å². The molecule has 0 aliphatic heterocycles. The maximum Gasteiger partial charge on any atom is 0.323 e. The Morgan fingerprint density at radius 1 is 0.315 bits per heavy atom. The lowest BCUT2D eigenvalue weighted by molar-refractivity contribution is 0.852. The van der Waals surface area contributed by atoms with E-state index in [0.717, 1.165) is 22.1 Å². The molecule has 6 aromatic carbocycles. The Bertz CT molecular complexity index is 2400. The van der Waals surface area contributed by atoms with Crippen molar-refractivity contribution in [2.24, 2.45) is 14.1 Å². The number of aromatic nitrogens is 2. The molecule has 8 aromatic rings. The molecule has 0 spiro atoms. The van der Waals surface area contributed by atoms with Crippen LogP contribution < -0.4 is 51.4 Å². The highest BCUT2D eigenvalue weighted by molar-refractivity contribution is 7.87. The first kappa shape index (κ1) is 35.0. The average Bonchev–Trinajstić information content (AvgIpc) is 3.25. The standard InChI is InChI=1S/C48H42N4P2/c1-51-35-33-39(49-53(41-21-9-3-10-22-41,42-23-11-4-12-24-42)43-25-13-5-14-26-43)37-47(51)48-38-40(34-36-52(48)2)50-54(44-27-15-6-16-28-44,45-29-17-7-18-30-45)46-31-19-8-20-32-46/h3-38H,1-2H3/q+2. The van der Waals surface area contributed by atoms with Crippen molar-refractivity contribution < 1.29 is 0 Å². The summed E-state index contributed by atoms with van der Waals surface area (Å²) in [5.74, 6) is 0. The summed E-state index contributed by atoms with van der Waals surface area (Å²) in [7, 11) is -0.710. The highest BCUT2D eigenvalue weighted by atomic mass is 31.2. The van der Waals surface area contributed by atoms with Gasteiger partial charge < -0.3 is 9.13 Å². The Morgan fingerprint density at radius 2 is 0.537 bits per heavy atom. The molecule has 54 heavy (non-hydrogen) atoms. The first-order valence-corrected chi connectivity index (χ1v) is 21.6. The Balaban J connectivity index is 1.49. The zero-order chi connectivity index (χ0) is 36.8. The quantitative estimate of drug-likeness (QED) is 0.136. The molecule has 262 valence electrons. The Hall–Kier alpha value is -6.10. The maximum atomic E-state index is 5.83. The molecule has 0 aliphatic rings. The van der Waals surface area contributed by atoms with E-state index in [0.29, 0.717) is 0 Å². The van der Waals surface area contributed by atoms with Gasteiger partial charge >= 0.3 is 24.8 Å². The number of aryl methyl sites for hydroxylation is 2.